The van der Waals surface area contributed by atoms with E-state index in [0.29, 0.717) is 5.82 Å². The maximum Gasteiger partial charge on any atom is 0.160 e. The largest absolute Gasteiger partial charge is 0.317 e. The molecule has 262 valence electrons. The van der Waals surface area contributed by atoms with Gasteiger partial charge in [0.05, 0.1) is 27.9 Å². The van der Waals surface area contributed by atoms with Crippen molar-refractivity contribution in [2.75, 3.05) is 0 Å². The topological polar surface area (TPSA) is 35.6 Å². The molecular weight excluding hydrogens is 681 g/mol. The molecule has 0 saturated heterocycles. The second-order valence-corrected chi connectivity index (χ2v) is 14.3. The Hall–Kier alpha value is -7.56. The number of hydrogen-bond acceptors (Lipinski definition) is 2. The summed E-state index contributed by atoms with van der Waals surface area (Å²) >= 11 is 0. The number of fused-ring (bicyclic) bond motifs is 6. The predicted octanol–water partition coefficient (Wildman–Crippen LogP) is 13.3. The van der Waals surface area contributed by atoms with Crippen LogP contribution >= 0.6 is 0 Å². The lowest BCUT2D eigenvalue weighted by Gasteiger charge is -2.13. The van der Waals surface area contributed by atoms with Crippen molar-refractivity contribution in [3.8, 4) is 56.4 Å². The first-order chi connectivity index (χ1) is 27.7. The first-order valence-corrected chi connectivity index (χ1v) is 19.0. The van der Waals surface area contributed by atoms with E-state index in [1.807, 2.05) is 36.4 Å². The minimum atomic E-state index is 0.703. The van der Waals surface area contributed by atoms with E-state index in [0.717, 1.165) is 50.6 Å². The van der Waals surface area contributed by atoms with Gasteiger partial charge in [-0.15, -0.1) is 0 Å². The summed E-state index contributed by atoms with van der Waals surface area (Å²) in [7, 11) is 0. The van der Waals surface area contributed by atoms with E-state index in [4.69, 9.17) is 9.97 Å². The van der Waals surface area contributed by atoms with Crippen LogP contribution in [0.15, 0.2) is 206 Å². The summed E-state index contributed by atoms with van der Waals surface area (Å²) in [6.07, 6.45) is 2.17. The van der Waals surface area contributed by atoms with Gasteiger partial charge in [0.1, 0.15) is 0 Å². The van der Waals surface area contributed by atoms with Crippen LogP contribution in [0.25, 0.3) is 99.9 Å². The average molecular weight is 715 g/mol. The summed E-state index contributed by atoms with van der Waals surface area (Å²) in [6.45, 7) is 0. The molecule has 3 heterocycles. The van der Waals surface area contributed by atoms with Crippen molar-refractivity contribution >= 4 is 43.5 Å². The van der Waals surface area contributed by atoms with Crippen LogP contribution in [0.5, 0.6) is 0 Å². The van der Waals surface area contributed by atoms with Crippen LogP contribution in [0.3, 0.4) is 0 Å². The average Bonchev–Trinajstić information content (AvgIpc) is 3.85. The summed E-state index contributed by atoms with van der Waals surface area (Å²) in [5, 5.41) is 6.17. The lowest BCUT2D eigenvalue weighted by molar-refractivity contribution is 1.13. The van der Waals surface area contributed by atoms with Crippen LogP contribution in [0.2, 0.25) is 0 Å². The van der Waals surface area contributed by atoms with Crippen LogP contribution < -0.4 is 0 Å². The molecule has 11 rings (SSSR count). The molecule has 0 N–H and O–H groups in total. The zero-order chi connectivity index (χ0) is 37.0. The Kier molecular flexibility index (Phi) is 7.46. The molecule has 0 unspecified atom stereocenters. The molecule has 0 saturated carbocycles. The predicted molar refractivity (Wildman–Crippen MR) is 232 cm³/mol. The zero-order valence-electron chi connectivity index (χ0n) is 30.4. The summed E-state index contributed by atoms with van der Waals surface area (Å²) in [5.41, 5.74) is 13.0. The molecule has 3 aromatic heterocycles. The monoisotopic (exact) mass is 714 g/mol. The van der Waals surface area contributed by atoms with Crippen molar-refractivity contribution in [1.82, 2.24) is 19.1 Å². The first kappa shape index (κ1) is 31.9. The quantitative estimate of drug-likeness (QED) is 0.172. The Labute approximate surface area is 324 Å². The standard InChI is InChI=1S/C52H34N4/c1-4-13-36(14-5-1)47-34-48(37-15-6-2-7-16-37)54-52(53-47)41-18-12-17-38(31-41)35-23-26-43(27-24-35)56-49-22-11-10-21-44(49)45-28-25-39-33-50-40(32-46(39)51(45)56)29-30-55(50)42-19-8-3-9-20-42/h1-34H. The lowest BCUT2D eigenvalue weighted by atomic mass is 10.0. The van der Waals surface area contributed by atoms with Crippen molar-refractivity contribution in [2.45, 2.75) is 0 Å². The highest BCUT2D eigenvalue weighted by molar-refractivity contribution is 6.20. The molecule has 0 radical (unpaired) electrons. The Morgan fingerprint density at radius 1 is 0.339 bits per heavy atom. The molecular formula is C52H34N4. The molecule has 4 nitrogen and oxygen atoms in total. The fraction of sp³-hybridized carbons (Fsp3) is 0. The molecule has 4 heteroatoms. The van der Waals surface area contributed by atoms with Gasteiger partial charge in [-0.3, -0.25) is 0 Å². The molecule has 0 amide bonds. The van der Waals surface area contributed by atoms with Crippen LogP contribution in [0.4, 0.5) is 0 Å². The second kappa shape index (κ2) is 13.1. The Bertz CT molecular complexity index is 3160. The van der Waals surface area contributed by atoms with Crippen LogP contribution in [-0.2, 0) is 0 Å². The fourth-order valence-electron chi connectivity index (χ4n) is 8.23. The first-order valence-electron chi connectivity index (χ1n) is 19.0. The van der Waals surface area contributed by atoms with Gasteiger partial charge in [0.2, 0.25) is 0 Å². The van der Waals surface area contributed by atoms with Crippen molar-refractivity contribution in [3.05, 3.63) is 206 Å². The number of aromatic nitrogens is 4. The minimum Gasteiger partial charge on any atom is -0.317 e. The molecule has 0 bridgehead atoms. The third kappa shape index (κ3) is 5.39. The van der Waals surface area contributed by atoms with Crippen molar-refractivity contribution in [2.24, 2.45) is 0 Å². The molecule has 0 aliphatic heterocycles. The van der Waals surface area contributed by atoms with Crippen LogP contribution in [0.1, 0.15) is 0 Å². The number of rotatable bonds is 6. The summed E-state index contributed by atoms with van der Waals surface area (Å²) in [6, 6.07) is 71.0. The van der Waals surface area contributed by atoms with Gasteiger partial charge in [0.25, 0.3) is 0 Å². The van der Waals surface area contributed by atoms with Gasteiger partial charge in [-0.1, -0.05) is 140 Å². The highest BCUT2D eigenvalue weighted by Gasteiger charge is 2.17. The van der Waals surface area contributed by atoms with Crippen molar-refractivity contribution in [3.63, 3.8) is 0 Å². The molecule has 0 aliphatic rings. The van der Waals surface area contributed by atoms with E-state index in [9.17, 15) is 0 Å². The number of para-hydroxylation sites is 2. The van der Waals surface area contributed by atoms with Crippen molar-refractivity contribution in [1.29, 1.82) is 0 Å². The van der Waals surface area contributed by atoms with E-state index in [-0.39, 0.29) is 0 Å². The zero-order valence-corrected chi connectivity index (χ0v) is 30.4. The van der Waals surface area contributed by atoms with Crippen LogP contribution in [0, 0.1) is 0 Å². The Balaban J connectivity index is 1.02. The second-order valence-electron chi connectivity index (χ2n) is 14.3. The third-order valence-electron chi connectivity index (χ3n) is 10.9. The normalized spacial score (nSPS) is 11.6. The third-order valence-corrected chi connectivity index (χ3v) is 10.9. The highest BCUT2D eigenvalue weighted by Crippen LogP contribution is 2.39. The lowest BCUT2D eigenvalue weighted by Crippen LogP contribution is -1.96. The van der Waals surface area contributed by atoms with E-state index in [1.54, 1.807) is 0 Å². The van der Waals surface area contributed by atoms with E-state index < -0.39 is 0 Å². The Morgan fingerprint density at radius 2 is 0.982 bits per heavy atom. The van der Waals surface area contributed by atoms with E-state index in [1.165, 1.54) is 43.5 Å². The smallest absolute Gasteiger partial charge is 0.160 e. The summed E-state index contributed by atoms with van der Waals surface area (Å²) in [5.74, 6) is 0.703. The summed E-state index contributed by atoms with van der Waals surface area (Å²) in [4.78, 5) is 10.2. The highest BCUT2D eigenvalue weighted by atomic mass is 15.0. The maximum absolute atomic E-state index is 5.08. The van der Waals surface area contributed by atoms with Crippen molar-refractivity contribution < 1.29 is 0 Å². The molecule has 11 aromatic rings. The molecule has 0 fully saturated rings. The molecule has 0 aliphatic carbocycles. The SMILES string of the molecule is c1ccc(-c2cc(-c3ccccc3)nc(-c3cccc(-c4ccc(-n5c6ccccc6c6ccc7cc8c(ccn8-c8ccccc8)cc7c65)cc4)c3)n2)cc1. The fourth-order valence-corrected chi connectivity index (χ4v) is 8.23. The number of benzene rings is 8. The Morgan fingerprint density at radius 3 is 1.71 bits per heavy atom. The van der Waals surface area contributed by atoms with Gasteiger partial charge in [-0.2, -0.15) is 0 Å². The van der Waals surface area contributed by atoms with Gasteiger partial charge in [0.15, 0.2) is 5.82 Å². The van der Waals surface area contributed by atoms with Gasteiger partial charge >= 0.3 is 0 Å². The van der Waals surface area contributed by atoms with Gasteiger partial charge < -0.3 is 9.13 Å². The van der Waals surface area contributed by atoms with Gasteiger partial charge in [-0.25, -0.2) is 9.97 Å². The molecule has 0 atom stereocenters. The molecule has 0 spiro atoms. The molecule has 56 heavy (non-hydrogen) atoms. The van der Waals surface area contributed by atoms with E-state index >= 15 is 0 Å². The minimum absolute atomic E-state index is 0.703. The van der Waals surface area contributed by atoms with Gasteiger partial charge in [0, 0.05) is 55.8 Å². The van der Waals surface area contributed by atoms with Gasteiger partial charge in [-0.05, 0) is 77.2 Å². The number of hydrogen-bond donors (Lipinski definition) is 0. The molecule has 8 aromatic carbocycles. The van der Waals surface area contributed by atoms with Crippen LogP contribution in [-0.4, -0.2) is 19.1 Å². The van der Waals surface area contributed by atoms with E-state index in [2.05, 4.69) is 179 Å². The maximum atomic E-state index is 5.08. The summed E-state index contributed by atoms with van der Waals surface area (Å²) < 4.78 is 4.71. The number of nitrogens with zero attached hydrogens (tertiary/aromatic N) is 4.